The van der Waals surface area contributed by atoms with Gasteiger partial charge in [-0.2, -0.15) is 0 Å². The van der Waals surface area contributed by atoms with Crippen LogP contribution in [0.3, 0.4) is 0 Å². The second kappa shape index (κ2) is 5.16. The molecule has 0 amide bonds. The van der Waals surface area contributed by atoms with E-state index in [-0.39, 0.29) is 0 Å². The van der Waals surface area contributed by atoms with Crippen LogP contribution in [0.25, 0.3) is 10.9 Å². The molecule has 3 rings (SSSR count). The molecule has 1 aromatic carbocycles. The molecular weight excluding hydrogens is 244 g/mol. The summed E-state index contributed by atoms with van der Waals surface area (Å²) in [5.74, 6) is 0. The lowest BCUT2D eigenvalue weighted by Crippen LogP contribution is -2.32. The Labute approximate surface area is 111 Å². The first-order valence-corrected chi connectivity index (χ1v) is 7.43. The average Bonchev–Trinajstić information content (AvgIpc) is 2.85. The Morgan fingerprint density at radius 2 is 2.06 bits per heavy atom. The summed E-state index contributed by atoms with van der Waals surface area (Å²) in [6, 6.07) is 8.46. The predicted molar refractivity (Wildman–Crippen MR) is 76.7 cm³/mol. The van der Waals surface area contributed by atoms with Gasteiger partial charge in [-0.3, -0.25) is 0 Å². The zero-order valence-corrected chi connectivity index (χ0v) is 11.3. The van der Waals surface area contributed by atoms with Gasteiger partial charge in [0.2, 0.25) is 5.04 Å². The minimum Gasteiger partial charge on any atom is -0.368 e. The van der Waals surface area contributed by atoms with E-state index in [2.05, 4.69) is 46.3 Å². The summed E-state index contributed by atoms with van der Waals surface area (Å²) in [5.41, 5.74) is 2.51. The fourth-order valence-corrected chi connectivity index (χ4v) is 3.25. The Balaban J connectivity index is 2.11. The largest absolute Gasteiger partial charge is 0.368 e. The zero-order chi connectivity index (χ0) is 12.4. The van der Waals surface area contributed by atoms with Crippen LogP contribution < -0.4 is 0 Å². The molecule has 3 nitrogen and oxygen atoms in total. The molecule has 0 saturated carbocycles. The molecule has 0 spiro atoms. The van der Waals surface area contributed by atoms with Gasteiger partial charge in [0, 0.05) is 17.1 Å². The fraction of sp³-hybridized carbons (Fsp3) is 0.357. The third kappa shape index (κ3) is 2.06. The van der Waals surface area contributed by atoms with Crippen molar-refractivity contribution < 1.29 is 9.31 Å². The second-order valence-electron chi connectivity index (χ2n) is 4.36. The molecule has 94 valence electrons. The van der Waals surface area contributed by atoms with Crippen LogP contribution in [-0.4, -0.2) is 47.2 Å². The molecule has 1 fully saturated rings. The van der Waals surface area contributed by atoms with E-state index in [9.17, 15) is 0 Å². The van der Waals surface area contributed by atoms with Gasteiger partial charge in [0.25, 0.3) is 0 Å². The number of morpholine rings is 1. The number of rotatable bonds is 1. The third-order valence-electron chi connectivity index (χ3n) is 3.31. The number of nitrogens with one attached hydrogen (secondary N) is 1. The summed E-state index contributed by atoms with van der Waals surface area (Å²) in [4.78, 5) is 3.35. The van der Waals surface area contributed by atoms with Crippen molar-refractivity contribution in [3.05, 3.63) is 36.0 Å². The normalized spacial score (nSPS) is 16.2. The molecule has 1 aliphatic heterocycles. The maximum Gasteiger partial charge on any atom is 0.244 e. The summed E-state index contributed by atoms with van der Waals surface area (Å²) < 4.78 is 7.85. The lowest BCUT2D eigenvalue weighted by atomic mass is 10.2. The number of aromatic nitrogens is 1. The molecule has 0 unspecified atom stereocenters. The Kier molecular flexibility index (Phi) is 3.39. The highest BCUT2D eigenvalue weighted by Gasteiger charge is 2.21. The van der Waals surface area contributed by atoms with Crippen LogP contribution in [0.5, 0.6) is 0 Å². The Morgan fingerprint density at radius 3 is 2.83 bits per heavy atom. The van der Waals surface area contributed by atoms with Gasteiger partial charge in [-0.1, -0.05) is 30.0 Å². The fourth-order valence-electron chi connectivity index (χ4n) is 2.42. The summed E-state index contributed by atoms with van der Waals surface area (Å²) >= 11 is 1.82. The third-order valence-corrected chi connectivity index (χ3v) is 4.18. The van der Waals surface area contributed by atoms with E-state index in [4.69, 9.17) is 4.74 Å². The van der Waals surface area contributed by atoms with Crippen LogP contribution in [0, 0.1) is 0 Å². The first-order valence-electron chi connectivity index (χ1n) is 6.20. The van der Waals surface area contributed by atoms with Crippen molar-refractivity contribution in [3.63, 3.8) is 0 Å². The maximum atomic E-state index is 5.43. The van der Waals surface area contributed by atoms with Crippen molar-refractivity contribution in [1.82, 2.24) is 4.98 Å². The topological polar surface area (TPSA) is 28.0 Å². The van der Waals surface area contributed by atoms with Crippen LogP contribution in [0.1, 0.15) is 5.56 Å². The molecule has 0 atom stereocenters. The van der Waals surface area contributed by atoms with Crippen molar-refractivity contribution in [2.75, 3.05) is 32.6 Å². The summed E-state index contributed by atoms with van der Waals surface area (Å²) in [6.07, 6.45) is 4.26. The Bertz CT molecular complexity index is 580. The molecule has 2 aromatic rings. The smallest absolute Gasteiger partial charge is 0.244 e. The molecule has 4 heteroatoms. The number of para-hydroxylation sites is 1. The first-order chi connectivity index (χ1) is 8.90. The van der Waals surface area contributed by atoms with Crippen LogP contribution in [-0.2, 0) is 4.74 Å². The van der Waals surface area contributed by atoms with Gasteiger partial charge in [-0.25, -0.2) is 4.58 Å². The summed E-state index contributed by atoms with van der Waals surface area (Å²) in [7, 11) is 0. The zero-order valence-electron chi connectivity index (χ0n) is 10.5. The highest BCUT2D eigenvalue weighted by molar-refractivity contribution is 8.13. The van der Waals surface area contributed by atoms with Crippen LogP contribution in [0.4, 0.5) is 0 Å². The molecule has 0 radical (unpaired) electrons. The lowest BCUT2D eigenvalue weighted by molar-refractivity contribution is -0.546. The number of nitrogens with zero attached hydrogens (tertiary/aromatic N) is 1. The van der Waals surface area contributed by atoms with Crippen LogP contribution in [0.2, 0.25) is 0 Å². The van der Waals surface area contributed by atoms with Gasteiger partial charge >= 0.3 is 0 Å². The number of hydrogen-bond acceptors (Lipinski definition) is 2. The van der Waals surface area contributed by atoms with E-state index in [0.717, 1.165) is 26.3 Å². The van der Waals surface area contributed by atoms with E-state index >= 15 is 0 Å². The van der Waals surface area contributed by atoms with E-state index < -0.39 is 0 Å². The quantitative estimate of drug-likeness (QED) is 0.630. The summed E-state index contributed by atoms with van der Waals surface area (Å²) in [6.45, 7) is 3.62. The average molecular weight is 261 g/mol. The van der Waals surface area contributed by atoms with Gasteiger partial charge in [0.05, 0.1) is 5.56 Å². The van der Waals surface area contributed by atoms with Crippen molar-refractivity contribution in [2.45, 2.75) is 0 Å². The molecular formula is C14H17N2OS+. The van der Waals surface area contributed by atoms with Crippen molar-refractivity contribution in [1.29, 1.82) is 0 Å². The molecule has 1 saturated heterocycles. The van der Waals surface area contributed by atoms with Crippen LogP contribution in [0.15, 0.2) is 30.5 Å². The van der Waals surface area contributed by atoms with E-state index in [1.54, 1.807) is 0 Å². The number of hydrogen-bond donors (Lipinski definition) is 1. The Hall–Kier alpha value is -1.26. The molecule has 1 aliphatic rings. The number of thioether (sulfide) groups is 1. The van der Waals surface area contributed by atoms with E-state index in [1.165, 1.54) is 21.5 Å². The van der Waals surface area contributed by atoms with Crippen LogP contribution >= 0.6 is 11.8 Å². The SMILES string of the molecule is CSC(c1c[nH]c2ccccc12)=[N+]1CCOCC1. The lowest BCUT2D eigenvalue weighted by Gasteiger charge is -2.13. The highest BCUT2D eigenvalue weighted by Crippen LogP contribution is 2.22. The molecule has 2 heterocycles. The highest BCUT2D eigenvalue weighted by atomic mass is 32.2. The minimum absolute atomic E-state index is 0.826. The van der Waals surface area contributed by atoms with Gasteiger partial charge < -0.3 is 9.72 Å². The number of ether oxygens (including phenoxy) is 1. The van der Waals surface area contributed by atoms with Crippen molar-refractivity contribution >= 4 is 27.7 Å². The van der Waals surface area contributed by atoms with Gasteiger partial charge in [-0.05, 0) is 12.3 Å². The van der Waals surface area contributed by atoms with Gasteiger partial charge in [0.1, 0.15) is 13.2 Å². The predicted octanol–water partition coefficient (Wildman–Crippen LogP) is 2.32. The first kappa shape index (κ1) is 11.8. The van der Waals surface area contributed by atoms with Crippen molar-refractivity contribution in [3.8, 4) is 0 Å². The molecule has 1 aromatic heterocycles. The molecule has 1 N–H and O–H groups in total. The molecule has 18 heavy (non-hydrogen) atoms. The monoisotopic (exact) mass is 261 g/mol. The summed E-state index contributed by atoms with van der Waals surface area (Å²) in [5, 5.41) is 2.64. The maximum absolute atomic E-state index is 5.43. The number of H-pyrrole nitrogens is 1. The van der Waals surface area contributed by atoms with Crippen molar-refractivity contribution in [2.24, 2.45) is 0 Å². The second-order valence-corrected chi connectivity index (χ2v) is 5.15. The van der Waals surface area contributed by atoms with Gasteiger partial charge in [-0.15, -0.1) is 0 Å². The van der Waals surface area contributed by atoms with E-state index in [1.807, 2.05) is 11.8 Å². The number of benzene rings is 1. The van der Waals surface area contributed by atoms with E-state index in [0.29, 0.717) is 0 Å². The Morgan fingerprint density at radius 1 is 1.28 bits per heavy atom. The molecule has 0 bridgehead atoms. The number of aromatic amines is 1. The van der Waals surface area contributed by atoms with Gasteiger partial charge in [0.15, 0.2) is 13.1 Å². The standard InChI is InChI=1S/C14H16N2OS/c1-18-14(16-6-8-17-9-7-16)12-10-15-13-5-3-2-4-11(12)13/h2-5,10H,6-9H2,1H3/p+1. The minimum atomic E-state index is 0.826. The number of fused-ring (bicyclic) bond motifs is 1. The molecule has 0 aliphatic carbocycles.